The number of hydrogen-bond donors (Lipinski definition) is 4. The number of hydrogen-bond acceptors (Lipinski definition) is 6. The topological polar surface area (TPSA) is 99.4 Å². The summed E-state index contributed by atoms with van der Waals surface area (Å²) in [6.07, 6.45) is -6.17. The zero-order valence-corrected chi connectivity index (χ0v) is 10.3. The Morgan fingerprint density at radius 2 is 1.68 bits per heavy atom. The fraction of sp³-hybridized carbons (Fsp3) is 0.538. The maximum absolute atomic E-state index is 9.76. The first-order chi connectivity index (χ1) is 9.13. The van der Waals surface area contributed by atoms with Gasteiger partial charge < -0.3 is 29.9 Å². The van der Waals surface area contributed by atoms with Gasteiger partial charge in [0.25, 0.3) is 0 Å². The Morgan fingerprint density at radius 3 is 2.32 bits per heavy atom. The monoisotopic (exact) mass is 270 g/mol. The summed E-state index contributed by atoms with van der Waals surface area (Å²) >= 11 is 0. The van der Waals surface area contributed by atoms with Crippen LogP contribution in [0.2, 0.25) is 0 Å². The van der Waals surface area contributed by atoms with E-state index in [4.69, 9.17) is 14.6 Å². The van der Waals surface area contributed by atoms with Crippen molar-refractivity contribution < 1.29 is 29.9 Å². The fourth-order valence-electron chi connectivity index (χ4n) is 1.96. The molecule has 5 atom stereocenters. The van der Waals surface area contributed by atoms with Crippen molar-refractivity contribution in [2.24, 2.45) is 0 Å². The average Bonchev–Trinajstić information content (AvgIpc) is 2.45. The number of aliphatic hydroxyl groups is 4. The molecule has 1 aliphatic heterocycles. The second-order valence-electron chi connectivity index (χ2n) is 4.49. The van der Waals surface area contributed by atoms with Gasteiger partial charge in [-0.1, -0.05) is 30.3 Å². The SMILES string of the molecule is OC[C@@H]1O[C@@H](OCc2ccccc2)[C@@H](O)[C@H](O)[C@H]1O. The normalized spacial score (nSPS) is 35.3. The van der Waals surface area contributed by atoms with Gasteiger partial charge in [-0.15, -0.1) is 0 Å². The molecule has 1 fully saturated rings. The maximum Gasteiger partial charge on any atom is 0.187 e. The second kappa shape index (κ2) is 6.42. The van der Waals surface area contributed by atoms with Crippen molar-refractivity contribution in [2.45, 2.75) is 37.3 Å². The van der Waals surface area contributed by atoms with Crippen LogP contribution in [0.3, 0.4) is 0 Å². The smallest absolute Gasteiger partial charge is 0.187 e. The Labute approximate surface area is 110 Å². The molecule has 1 heterocycles. The molecule has 0 spiro atoms. The van der Waals surface area contributed by atoms with Crippen molar-refractivity contribution in [3.05, 3.63) is 35.9 Å². The molecule has 0 unspecified atom stereocenters. The molecule has 1 saturated heterocycles. The van der Waals surface area contributed by atoms with Crippen molar-refractivity contribution in [2.75, 3.05) is 6.61 Å². The molecule has 0 aliphatic carbocycles. The highest BCUT2D eigenvalue weighted by Gasteiger charge is 2.43. The van der Waals surface area contributed by atoms with Gasteiger partial charge in [0.2, 0.25) is 0 Å². The van der Waals surface area contributed by atoms with Crippen molar-refractivity contribution in [1.82, 2.24) is 0 Å². The Hall–Kier alpha value is -1.02. The van der Waals surface area contributed by atoms with Gasteiger partial charge >= 0.3 is 0 Å². The van der Waals surface area contributed by atoms with E-state index < -0.39 is 37.3 Å². The quantitative estimate of drug-likeness (QED) is 0.560. The molecular formula is C13H18O6. The van der Waals surface area contributed by atoms with Crippen LogP contribution in [-0.4, -0.2) is 57.7 Å². The molecule has 0 amide bonds. The molecule has 0 saturated carbocycles. The Morgan fingerprint density at radius 1 is 1.00 bits per heavy atom. The van der Waals surface area contributed by atoms with Crippen molar-refractivity contribution in [1.29, 1.82) is 0 Å². The van der Waals surface area contributed by atoms with Gasteiger partial charge in [0.1, 0.15) is 24.4 Å². The third-order valence-electron chi connectivity index (χ3n) is 3.11. The summed E-state index contributed by atoms with van der Waals surface area (Å²) in [5.41, 5.74) is 0.888. The zero-order valence-electron chi connectivity index (χ0n) is 10.3. The highest BCUT2D eigenvalue weighted by atomic mass is 16.7. The van der Waals surface area contributed by atoms with Gasteiger partial charge in [-0.25, -0.2) is 0 Å². The number of ether oxygens (including phenoxy) is 2. The minimum atomic E-state index is -1.41. The van der Waals surface area contributed by atoms with Gasteiger partial charge in [-0.3, -0.25) is 0 Å². The fourth-order valence-corrected chi connectivity index (χ4v) is 1.96. The molecular weight excluding hydrogens is 252 g/mol. The van der Waals surface area contributed by atoms with E-state index in [2.05, 4.69) is 0 Å². The van der Waals surface area contributed by atoms with Crippen LogP contribution in [0.1, 0.15) is 5.56 Å². The molecule has 0 radical (unpaired) electrons. The lowest BCUT2D eigenvalue weighted by atomic mass is 9.99. The van der Waals surface area contributed by atoms with E-state index in [1.807, 2.05) is 30.3 Å². The van der Waals surface area contributed by atoms with E-state index in [1.54, 1.807) is 0 Å². The first kappa shape index (κ1) is 14.4. The van der Waals surface area contributed by atoms with Crippen LogP contribution in [0.5, 0.6) is 0 Å². The molecule has 4 N–H and O–H groups in total. The largest absolute Gasteiger partial charge is 0.394 e. The average molecular weight is 270 g/mol. The minimum Gasteiger partial charge on any atom is -0.394 e. The molecule has 1 aliphatic rings. The van der Waals surface area contributed by atoms with Crippen molar-refractivity contribution in [3.8, 4) is 0 Å². The van der Waals surface area contributed by atoms with E-state index in [-0.39, 0.29) is 6.61 Å². The molecule has 19 heavy (non-hydrogen) atoms. The van der Waals surface area contributed by atoms with E-state index in [9.17, 15) is 15.3 Å². The predicted molar refractivity (Wildman–Crippen MR) is 65.0 cm³/mol. The first-order valence-corrected chi connectivity index (χ1v) is 6.09. The molecule has 6 heteroatoms. The third kappa shape index (κ3) is 3.30. The number of rotatable bonds is 4. The van der Waals surface area contributed by atoms with Crippen molar-refractivity contribution in [3.63, 3.8) is 0 Å². The first-order valence-electron chi connectivity index (χ1n) is 6.09. The van der Waals surface area contributed by atoms with Crippen LogP contribution < -0.4 is 0 Å². The summed E-state index contributed by atoms with van der Waals surface area (Å²) < 4.78 is 10.6. The van der Waals surface area contributed by atoms with Crippen LogP contribution in [-0.2, 0) is 16.1 Å². The number of benzene rings is 1. The Balaban J connectivity index is 1.95. The highest BCUT2D eigenvalue weighted by molar-refractivity contribution is 5.13. The molecule has 0 bridgehead atoms. The Kier molecular flexibility index (Phi) is 4.87. The number of aliphatic hydroxyl groups excluding tert-OH is 4. The van der Waals surface area contributed by atoms with Gasteiger partial charge in [0, 0.05) is 0 Å². The summed E-state index contributed by atoms with van der Waals surface area (Å²) in [6, 6.07) is 9.28. The Bertz CT molecular complexity index is 382. The van der Waals surface area contributed by atoms with Crippen LogP contribution >= 0.6 is 0 Å². The summed E-state index contributed by atoms with van der Waals surface area (Å²) in [5, 5.41) is 38.0. The zero-order chi connectivity index (χ0) is 13.8. The van der Waals surface area contributed by atoms with Crippen LogP contribution in [0.25, 0.3) is 0 Å². The van der Waals surface area contributed by atoms with Crippen molar-refractivity contribution >= 4 is 0 Å². The molecule has 1 aromatic rings. The van der Waals surface area contributed by atoms with E-state index in [0.29, 0.717) is 0 Å². The minimum absolute atomic E-state index is 0.198. The lowest BCUT2D eigenvalue weighted by molar-refractivity contribution is -0.304. The predicted octanol–water partition coefficient (Wildman–Crippen LogP) is -0.997. The van der Waals surface area contributed by atoms with E-state index in [1.165, 1.54) is 0 Å². The van der Waals surface area contributed by atoms with Crippen LogP contribution in [0, 0.1) is 0 Å². The maximum atomic E-state index is 9.76. The molecule has 1 aromatic carbocycles. The third-order valence-corrected chi connectivity index (χ3v) is 3.11. The van der Waals surface area contributed by atoms with Gasteiger partial charge in [0.15, 0.2) is 6.29 Å². The standard InChI is InChI=1S/C13H18O6/c14-6-9-10(15)11(16)12(17)13(19-9)18-7-8-4-2-1-3-5-8/h1-5,9-17H,6-7H2/t9-,10-,11+,12-,13+/m0/s1. The summed E-state index contributed by atoms with van der Waals surface area (Å²) in [4.78, 5) is 0. The van der Waals surface area contributed by atoms with Gasteiger partial charge in [-0.05, 0) is 5.56 Å². The molecule has 6 nitrogen and oxygen atoms in total. The summed E-state index contributed by atoms with van der Waals surface area (Å²) in [6.45, 7) is -0.264. The molecule has 106 valence electrons. The lowest BCUT2D eigenvalue weighted by Gasteiger charge is -2.39. The summed E-state index contributed by atoms with van der Waals surface area (Å²) in [5.74, 6) is 0. The highest BCUT2D eigenvalue weighted by Crippen LogP contribution is 2.22. The van der Waals surface area contributed by atoms with Crippen LogP contribution in [0.15, 0.2) is 30.3 Å². The second-order valence-corrected chi connectivity index (χ2v) is 4.49. The van der Waals surface area contributed by atoms with Crippen LogP contribution in [0.4, 0.5) is 0 Å². The molecule has 0 aromatic heterocycles. The lowest BCUT2D eigenvalue weighted by Crippen LogP contribution is -2.59. The van der Waals surface area contributed by atoms with Gasteiger partial charge in [-0.2, -0.15) is 0 Å². The summed E-state index contributed by atoms with van der Waals surface area (Å²) in [7, 11) is 0. The van der Waals surface area contributed by atoms with Gasteiger partial charge in [0.05, 0.1) is 13.2 Å². The molecule has 2 rings (SSSR count). The van der Waals surface area contributed by atoms with E-state index in [0.717, 1.165) is 5.56 Å². The van der Waals surface area contributed by atoms with E-state index >= 15 is 0 Å².